The van der Waals surface area contributed by atoms with Gasteiger partial charge in [0.2, 0.25) is 0 Å². The van der Waals surface area contributed by atoms with Crippen LogP contribution in [0.1, 0.15) is 31.0 Å². The standard InChI is InChI=1S/C27H31N5/c1-20(2)21-8-10-22(11-9-21)27-25(32-18-23(28)12-13-26(32)29-27)19-30-14-16-31(17-15-30)24-6-4-3-5-7-24/h3-13,18,20H,14-17,19,28H2,1-2H3. The highest BCUT2D eigenvalue weighted by molar-refractivity contribution is 5.68. The predicted molar refractivity (Wildman–Crippen MR) is 133 cm³/mol. The Morgan fingerprint density at radius 2 is 1.59 bits per heavy atom. The van der Waals surface area contributed by atoms with Crippen LogP contribution in [0.3, 0.4) is 0 Å². The third-order valence-corrected chi connectivity index (χ3v) is 6.46. The number of imidazole rings is 1. The summed E-state index contributed by atoms with van der Waals surface area (Å²) in [5, 5.41) is 0. The van der Waals surface area contributed by atoms with Crippen molar-refractivity contribution in [1.29, 1.82) is 0 Å². The minimum atomic E-state index is 0.519. The molecule has 0 atom stereocenters. The Hall–Kier alpha value is -3.31. The Balaban J connectivity index is 1.42. The number of piperazine rings is 1. The fourth-order valence-electron chi connectivity index (χ4n) is 4.53. The summed E-state index contributed by atoms with van der Waals surface area (Å²) < 4.78 is 2.17. The van der Waals surface area contributed by atoms with E-state index in [-0.39, 0.29) is 0 Å². The molecule has 5 rings (SSSR count). The molecular formula is C27H31N5. The SMILES string of the molecule is CC(C)c1ccc(-c2nc3ccc(N)cn3c2CN2CCN(c3ccccc3)CC2)cc1. The number of aromatic nitrogens is 2. The quantitative estimate of drug-likeness (QED) is 0.487. The van der Waals surface area contributed by atoms with Crippen molar-refractivity contribution >= 4 is 17.0 Å². The second-order valence-corrected chi connectivity index (χ2v) is 8.97. The Kier molecular flexibility index (Phi) is 5.58. The van der Waals surface area contributed by atoms with Crippen LogP contribution in [0.25, 0.3) is 16.9 Å². The normalized spacial score (nSPS) is 15.0. The third kappa shape index (κ3) is 4.08. The molecule has 0 spiro atoms. The zero-order chi connectivity index (χ0) is 22.1. The van der Waals surface area contributed by atoms with Crippen LogP contribution < -0.4 is 10.6 Å². The second-order valence-electron chi connectivity index (χ2n) is 8.97. The molecule has 0 saturated carbocycles. The predicted octanol–water partition coefficient (Wildman–Crippen LogP) is 5.03. The number of hydrogen-bond donors (Lipinski definition) is 1. The Labute approximate surface area is 190 Å². The Morgan fingerprint density at radius 3 is 2.28 bits per heavy atom. The molecule has 5 nitrogen and oxygen atoms in total. The van der Waals surface area contributed by atoms with Gasteiger partial charge in [0.1, 0.15) is 5.65 Å². The van der Waals surface area contributed by atoms with E-state index in [4.69, 9.17) is 10.7 Å². The van der Waals surface area contributed by atoms with E-state index in [1.807, 2.05) is 18.3 Å². The van der Waals surface area contributed by atoms with E-state index < -0.39 is 0 Å². The summed E-state index contributed by atoms with van der Waals surface area (Å²) in [5.41, 5.74) is 13.9. The Bertz CT molecular complexity index is 1190. The zero-order valence-corrected chi connectivity index (χ0v) is 18.9. The van der Waals surface area contributed by atoms with E-state index >= 15 is 0 Å². The van der Waals surface area contributed by atoms with Gasteiger partial charge in [-0.1, -0.05) is 56.3 Å². The molecule has 32 heavy (non-hydrogen) atoms. The number of nitrogens with two attached hydrogens (primary N) is 1. The van der Waals surface area contributed by atoms with Crippen LogP contribution >= 0.6 is 0 Å². The number of nitrogens with zero attached hydrogens (tertiary/aromatic N) is 4. The molecule has 0 bridgehead atoms. The number of para-hydroxylation sites is 1. The van der Waals surface area contributed by atoms with E-state index in [2.05, 4.69) is 82.6 Å². The van der Waals surface area contributed by atoms with E-state index in [1.165, 1.54) is 16.9 Å². The van der Waals surface area contributed by atoms with Crippen molar-refractivity contribution in [2.75, 3.05) is 36.8 Å². The van der Waals surface area contributed by atoms with Gasteiger partial charge >= 0.3 is 0 Å². The van der Waals surface area contributed by atoms with E-state index in [1.54, 1.807) is 0 Å². The van der Waals surface area contributed by atoms with Crippen molar-refractivity contribution in [3.8, 4) is 11.3 Å². The van der Waals surface area contributed by atoms with E-state index in [9.17, 15) is 0 Å². The van der Waals surface area contributed by atoms with Crippen LogP contribution in [0.5, 0.6) is 0 Å². The van der Waals surface area contributed by atoms with Gasteiger partial charge in [0.05, 0.1) is 11.4 Å². The summed E-state index contributed by atoms with van der Waals surface area (Å²) in [5.74, 6) is 0.519. The lowest BCUT2D eigenvalue weighted by molar-refractivity contribution is 0.247. The molecule has 3 heterocycles. The summed E-state index contributed by atoms with van der Waals surface area (Å²) in [6, 6.07) is 23.5. The summed E-state index contributed by atoms with van der Waals surface area (Å²) in [7, 11) is 0. The smallest absolute Gasteiger partial charge is 0.137 e. The number of nitrogen functional groups attached to an aromatic ring is 1. The van der Waals surface area contributed by atoms with Gasteiger partial charge in [-0.15, -0.1) is 0 Å². The average molecular weight is 426 g/mol. The second kappa shape index (κ2) is 8.67. The highest BCUT2D eigenvalue weighted by Crippen LogP contribution is 2.28. The molecule has 0 radical (unpaired) electrons. The first-order valence-electron chi connectivity index (χ1n) is 11.5. The molecule has 1 aliphatic rings. The lowest BCUT2D eigenvalue weighted by Crippen LogP contribution is -2.46. The maximum absolute atomic E-state index is 6.14. The van der Waals surface area contributed by atoms with Crippen LogP contribution in [0, 0.1) is 0 Å². The number of pyridine rings is 1. The van der Waals surface area contributed by atoms with Crippen LogP contribution in [-0.4, -0.2) is 40.5 Å². The molecular weight excluding hydrogens is 394 g/mol. The molecule has 2 aromatic carbocycles. The monoisotopic (exact) mass is 425 g/mol. The van der Waals surface area contributed by atoms with E-state index in [0.717, 1.165) is 55.3 Å². The largest absolute Gasteiger partial charge is 0.398 e. The van der Waals surface area contributed by atoms with Gasteiger partial charge < -0.3 is 15.0 Å². The van der Waals surface area contributed by atoms with Gasteiger partial charge in [-0.2, -0.15) is 0 Å². The fourth-order valence-corrected chi connectivity index (χ4v) is 4.53. The van der Waals surface area contributed by atoms with Crippen molar-refractivity contribution in [3.63, 3.8) is 0 Å². The molecule has 0 amide bonds. The molecule has 164 valence electrons. The first-order chi connectivity index (χ1) is 15.6. The molecule has 2 aromatic heterocycles. The van der Waals surface area contributed by atoms with Gasteiger partial charge in [-0.05, 0) is 35.7 Å². The molecule has 5 heteroatoms. The van der Waals surface area contributed by atoms with Crippen molar-refractivity contribution in [1.82, 2.24) is 14.3 Å². The molecule has 4 aromatic rings. The first-order valence-corrected chi connectivity index (χ1v) is 11.5. The third-order valence-electron chi connectivity index (χ3n) is 6.46. The highest BCUT2D eigenvalue weighted by atomic mass is 15.3. The molecule has 0 aliphatic carbocycles. The number of anilines is 2. The summed E-state index contributed by atoms with van der Waals surface area (Å²) >= 11 is 0. The number of hydrogen-bond acceptors (Lipinski definition) is 4. The van der Waals surface area contributed by atoms with Gasteiger partial charge in [-0.25, -0.2) is 4.98 Å². The maximum atomic E-state index is 6.14. The zero-order valence-electron chi connectivity index (χ0n) is 18.9. The first kappa shape index (κ1) is 20.6. The molecule has 1 fully saturated rings. The van der Waals surface area contributed by atoms with Crippen molar-refractivity contribution < 1.29 is 0 Å². The number of fused-ring (bicyclic) bond motifs is 1. The van der Waals surface area contributed by atoms with Gasteiger partial charge in [0.25, 0.3) is 0 Å². The summed E-state index contributed by atoms with van der Waals surface area (Å²) in [4.78, 5) is 9.99. The lowest BCUT2D eigenvalue weighted by atomic mass is 10.0. The van der Waals surface area contributed by atoms with Crippen LogP contribution in [-0.2, 0) is 6.54 Å². The van der Waals surface area contributed by atoms with Crippen molar-refractivity contribution in [2.24, 2.45) is 0 Å². The Morgan fingerprint density at radius 1 is 0.875 bits per heavy atom. The minimum Gasteiger partial charge on any atom is -0.398 e. The lowest BCUT2D eigenvalue weighted by Gasteiger charge is -2.36. The molecule has 2 N–H and O–H groups in total. The average Bonchev–Trinajstić information content (AvgIpc) is 3.17. The van der Waals surface area contributed by atoms with E-state index in [0.29, 0.717) is 5.92 Å². The van der Waals surface area contributed by atoms with Crippen molar-refractivity contribution in [3.05, 3.63) is 84.2 Å². The van der Waals surface area contributed by atoms with Gasteiger partial charge in [0.15, 0.2) is 0 Å². The summed E-state index contributed by atoms with van der Waals surface area (Å²) in [6.07, 6.45) is 2.00. The van der Waals surface area contributed by atoms with Crippen LogP contribution in [0.4, 0.5) is 11.4 Å². The topological polar surface area (TPSA) is 49.8 Å². The molecule has 1 saturated heterocycles. The van der Waals surface area contributed by atoms with Gasteiger partial charge in [0, 0.05) is 55.9 Å². The van der Waals surface area contributed by atoms with Gasteiger partial charge in [-0.3, -0.25) is 4.90 Å². The number of benzene rings is 2. The highest BCUT2D eigenvalue weighted by Gasteiger charge is 2.21. The number of rotatable bonds is 5. The maximum Gasteiger partial charge on any atom is 0.137 e. The van der Waals surface area contributed by atoms with Crippen LogP contribution in [0.2, 0.25) is 0 Å². The van der Waals surface area contributed by atoms with Crippen LogP contribution in [0.15, 0.2) is 72.9 Å². The fraction of sp³-hybridized carbons (Fsp3) is 0.296. The van der Waals surface area contributed by atoms with Crippen molar-refractivity contribution in [2.45, 2.75) is 26.3 Å². The minimum absolute atomic E-state index is 0.519. The molecule has 1 aliphatic heterocycles. The molecule has 0 unspecified atom stereocenters. The summed E-state index contributed by atoms with van der Waals surface area (Å²) in [6.45, 7) is 9.41.